The molecule has 0 fully saturated rings. The fraction of sp³-hybridized carbons (Fsp3) is 0.348. The largest absolute Gasteiger partial charge is 0.443 e. The van der Waals surface area contributed by atoms with E-state index in [0.717, 1.165) is 10.6 Å². The van der Waals surface area contributed by atoms with Crippen LogP contribution in [0.3, 0.4) is 0 Å². The van der Waals surface area contributed by atoms with Crippen molar-refractivity contribution in [1.29, 1.82) is 0 Å². The number of aromatic nitrogens is 1. The third-order valence-corrected chi connectivity index (χ3v) is 4.45. The molecule has 1 aromatic carbocycles. The second-order valence-corrected chi connectivity index (χ2v) is 9.59. The van der Waals surface area contributed by atoms with Gasteiger partial charge in [-0.15, -0.1) is 0 Å². The van der Waals surface area contributed by atoms with E-state index >= 15 is 0 Å². The quantitative estimate of drug-likeness (QED) is 0.636. The molecule has 0 radical (unpaired) electrons. The summed E-state index contributed by atoms with van der Waals surface area (Å²) >= 11 is 0. The van der Waals surface area contributed by atoms with E-state index in [1.165, 1.54) is 24.3 Å². The number of carbonyl (C=O) groups is 4. The van der Waals surface area contributed by atoms with Crippen LogP contribution >= 0.6 is 0 Å². The number of nitrogens with one attached hydrogen (secondary N) is 1. The highest BCUT2D eigenvalue weighted by molar-refractivity contribution is 6.23. The molecule has 3 N–H and O–H groups in total. The van der Waals surface area contributed by atoms with Gasteiger partial charge in [-0.2, -0.15) is 4.90 Å². The Hall–Kier alpha value is -4.15. The molecule has 11 nitrogen and oxygen atoms in total. The highest BCUT2D eigenvalue weighted by Crippen LogP contribution is 2.27. The van der Waals surface area contributed by atoms with Gasteiger partial charge in [-0.25, -0.2) is 9.59 Å². The smallest absolute Gasteiger partial charge is 0.424 e. The number of rotatable bonds is 2. The summed E-state index contributed by atoms with van der Waals surface area (Å²) in [6.45, 7) is 9.87. The zero-order chi connectivity index (χ0) is 25.6. The van der Waals surface area contributed by atoms with Gasteiger partial charge in [0.1, 0.15) is 17.0 Å². The zero-order valence-corrected chi connectivity index (χ0v) is 19.7. The van der Waals surface area contributed by atoms with Crippen LogP contribution in [0.1, 0.15) is 62.3 Å². The standard InChI is InChI=1S/C23H26N4O7/c1-22(2,3)33-20(31)27(21(32)34-23(4,5)6)13-9-7-8-12(10-13)26-15(28)11-14-16(17(26)24)19(30)25-18(14)29/h7-11H,24H2,1-6H3,(H,25,29,30). The fourth-order valence-corrected chi connectivity index (χ4v) is 3.22. The van der Waals surface area contributed by atoms with Gasteiger partial charge in [0.2, 0.25) is 0 Å². The number of carbonyl (C=O) groups excluding carboxylic acids is 4. The number of imide groups is 2. The van der Waals surface area contributed by atoms with E-state index in [-0.39, 0.29) is 28.3 Å². The monoisotopic (exact) mass is 470 g/mol. The highest BCUT2D eigenvalue weighted by atomic mass is 16.6. The number of pyridine rings is 1. The van der Waals surface area contributed by atoms with Crippen LogP contribution in [-0.4, -0.2) is 39.8 Å². The van der Waals surface area contributed by atoms with Crippen LogP contribution in [0, 0.1) is 0 Å². The van der Waals surface area contributed by atoms with Crippen molar-refractivity contribution in [2.24, 2.45) is 0 Å². The predicted molar refractivity (Wildman–Crippen MR) is 123 cm³/mol. The van der Waals surface area contributed by atoms with Gasteiger partial charge in [0.25, 0.3) is 17.4 Å². The Labute approximate surface area is 195 Å². The topological polar surface area (TPSA) is 150 Å². The average Bonchev–Trinajstić information content (AvgIpc) is 2.93. The molecule has 4 amide bonds. The molecule has 0 atom stereocenters. The van der Waals surface area contributed by atoms with Crippen LogP contribution in [0.5, 0.6) is 0 Å². The van der Waals surface area contributed by atoms with Gasteiger partial charge in [0.05, 0.1) is 22.5 Å². The normalized spacial score (nSPS) is 13.2. The summed E-state index contributed by atoms with van der Waals surface area (Å²) in [4.78, 5) is 63.4. The maximum Gasteiger partial charge on any atom is 0.424 e. The van der Waals surface area contributed by atoms with Crippen LogP contribution in [0.15, 0.2) is 35.1 Å². The molecule has 0 unspecified atom stereocenters. The number of nitrogens with two attached hydrogens (primary N) is 1. The molecule has 11 heteroatoms. The Morgan fingerprint density at radius 1 is 0.912 bits per heavy atom. The van der Waals surface area contributed by atoms with E-state index in [0.29, 0.717) is 4.90 Å². The predicted octanol–water partition coefficient (Wildman–Crippen LogP) is 2.98. The minimum Gasteiger partial charge on any atom is -0.443 e. The van der Waals surface area contributed by atoms with E-state index < -0.39 is 40.8 Å². The van der Waals surface area contributed by atoms with Gasteiger partial charge in [0, 0.05) is 6.07 Å². The first kappa shape index (κ1) is 24.5. The lowest BCUT2D eigenvalue weighted by molar-refractivity contribution is 0.0430. The lowest BCUT2D eigenvalue weighted by Crippen LogP contribution is -2.43. The zero-order valence-electron chi connectivity index (χ0n) is 19.7. The van der Waals surface area contributed by atoms with Crippen molar-refractivity contribution < 1.29 is 28.7 Å². The third-order valence-electron chi connectivity index (χ3n) is 4.45. The Kier molecular flexibility index (Phi) is 6.00. The molecule has 1 aromatic heterocycles. The summed E-state index contributed by atoms with van der Waals surface area (Å²) in [5, 5.41) is 2.09. The second kappa shape index (κ2) is 8.32. The lowest BCUT2D eigenvalue weighted by Gasteiger charge is -2.28. The number of ether oxygens (including phenoxy) is 2. The molecule has 34 heavy (non-hydrogen) atoms. The van der Waals surface area contributed by atoms with Crippen LogP contribution < -0.4 is 21.5 Å². The van der Waals surface area contributed by atoms with Crippen LogP contribution in [0.2, 0.25) is 0 Å². The SMILES string of the molecule is CC(C)(C)OC(=O)N(C(=O)OC(C)(C)C)c1cccc(-n2c(N)c3c(cc2=O)C(=O)NC3=O)c1. The number of anilines is 2. The third kappa shape index (κ3) is 4.92. The first-order valence-corrected chi connectivity index (χ1v) is 10.4. The van der Waals surface area contributed by atoms with Gasteiger partial charge < -0.3 is 15.2 Å². The average molecular weight is 470 g/mol. The Bertz CT molecular complexity index is 1240. The first-order valence-electron chi connectivity index (χ1n) is 10.4. The van der Waals surface area contributed by atoms with Crippen LogP contribution in [0.25, 0.3) is 5.69 Å². The molecule has 0 saturated carbocycles. The minimum atomic E-state index is -0.988. The first-order chi connectivity index (χ1) is 15.6. The van der Waals surface area contributed by atoms with Crippen molar-refractivity contribution in [2.45, 2.75) is 52.7 Å². The van der Waals surface area contributed by atoms with E-state index in [1.807, 2.05) is 0 Å². The number of hydrogen-bond acceptors (Lipinski definition) is 8. The summed E-state index contributed by atoms with van der Waals surface area (Å²) in [5.41, 5.74) is 3.52. The van der Waals surface area contributed by atoms with Gasteiger partial charge >= 0.3 is 12.2 Å². The summed E-state index contributed by atoms with van der Waals surface area (Å²) in [6.07, 6.45) is -1.98. The molecule has 3 rings (SSSR count). The number of nitrogens with zero attached hydrogens (tertiary/aromatic N) is 2. The van der Waals surface area contributed by atoms with Crippen molar-refractivity contribution in [3.8, 4) is 5.69 Å². The Balaban J connectivity index is 2.14. The summed E-state index contributed by atoms with van der Waals surface area (Å²) < 4.78 is 11.7. The van der Waals surface area contributed by atoms with Crippen molar-refractivity contribution in [2.75, 3.05) is 10.6 Å². The number of nitrogen functional groups attached to an aromatic ring is 1. The van der Waals surface area contributed by atoms with Gasteiger partial charge in [0.15, 0.2) is 0 Å². The van der Waals surface area contributed by atoms with Crippen molar-refractivity contribution >= 4 is 35.5 Å². The molecule has 1 aliphatic rings. The van der Waals surface area contributed by atoms with E-state index in [2.05, 4.69) is 5.32 Å². The van der Waals surface area contributed by atoms with E-state index in [4.69, 9.17) is 15.2 Å². The molecule has 1 aliphatic heterocycles. The highest BCUT2D eigenvalue weighted by Gasteiger charge is 2.34. The molecule has 0 bridgehead atoms. The molecular formula is C23H26N4O7. The maximum absolute atomic E-state index is 12.9. The molecule has 0 saturated heterocycles. The molecule has 0 spiro atoms. The van der Waals surface area contributed by atoms with Gasteiger partial charge in [-0.05, 0) is 59.7 Å². The van der Waals surface area contributed by atoms with E-state index in [1.54, 1.807) is 41.5 Å². The number of amides is 4. The number of benzene rings is 1. The lowest BCUT2D eigenvalue weighted by atomic mass is 10.1. The number of fused-ring (bicyclic) bond motifs is 1. The maximum atomic E-state index is 12.9. The molecule has 0 aliphatic carbocycles. The minimum absolute atomic E-state index is 0.0355. The summed E-state index contributed by atoms with van der Waals surface area (Å²) in [5.74, 6) is -1.71. The molecule has 2 heterocycles. The molecular weight excluding hydrogens is 444 g/mol. The van der Waals surface area contributed by atoms with Gasteiger partial charge in [-0.1, -0.05) is 6.07 Å². The molecule has 2 aromatic rings. The summed E-state index contributed by atoms with van der Waals surface area (Å²) in [6, 6.07) is 6.76. The van der Waals surface area contributed by atoms with Crippen molar-refractivity contribution in [3.05, 3.63) is 51.8 Å². The van der Waals surface area contributed by atoms with Crippen LogP contribution in [0.4, 0.5) is 21.1 Å². The van der Waals surface area contributed by atoms with Crippen LogP contribution in [-0.2, 0) is 9.47 Å². The second-order valence-electron chi connectivity index (χ2n) is 9.59. The fourth-order valence-electron chi connectivity index (χ4n) is 3.22. The summed E-state index contributed by atoms with van der Waals surface area (Å²) in [7, 11) is 0. The van der Waals surface area contributed by atoms with E-state index in [9.17, 15) is 24.0 Å². The Morgan fingerprint density at radius 2 is 1.47 bits per heavy atom. The number of hydrogen-bond donors (Lipinski definition) is 2. The Morgan fingerprint density at radius 3 is 2.00 bits per heavy atom. The van der Waals surface area contributed by atoms with Gasteiger partial charge in [-0.3, -0.25) is 24.3 Å². The van der Waals surface area contributed by atoms with Crippen molar-refractivity contribution in [3.63, 3.8) is 0 Å². The van der Waals surface area contributed by atoms with Crippen molar-refractivity contribution in [1.82, 2.24) is 9.88 Å². The molecule has 180 valence electrons.